The van der Waals surface area contributed by atoms with Crippen LogP contribution in [-0.2, 0) is 67.9 Å². The van der Waals surface area contributed by atoms with E-state index in [1.54, 1.807) is 24.5 Å². The van der Waals surface area contributed by atoms with E-state index in [4.69, 9.17) is 51.4 Å². The molecule has 30 heteroatoms. The summed E-state index contributed by atoms with van der Waals surface area (Å²) in [6.07, 6.45) is 14.1. The number of Topliss-reactive ketones (excluding diaryl/α,β-unsaturated/α-hetero) is 2. The number of piperidine rings is 1. The number of nitrogens with zero attached hydrogens (tertiary/aromatic N) is 10. The Kier molecular flexibility index (Phi) is 37.5. The van der Waals surface area contributed by atoms with Gasteiger partial charge in [-0.3, -0.25) is 33.9 Å². The van der Waals surface area contributed by atoms with Crippen LogP contribution in [0.3, 0.4) is 0 Å². The Morgan fingerprint density at radius 3 is 1.19 bits per heavy atom. The summed E-state index contributed by atoms with van der Waals surface area (Å²) in [6, 6.07) is 30.6. The molecule has 18 nitrogen and oxygen atoms in total. The Labute approximate surface area is 684 Å². The molecule has 0 saturated carbocycles. The summed E-state index contributed by atoms with van der Waals surface area (Å²) < 4.78 is 84.1. The maximum Gasteiger partial charge on any atom is 0.211 e. The van der Waals surface area contributed by atoms with E-state index in [1.165, 1.54) is 38.1 Å². The van der Waals surface area contributed by atoms with Crippen LogP contribution in [-0.4, -0.2) is 166 Å². The van der Waals surface area contributed by atoms with Crippen molar-refractivity contribution in [1.29, 1.82) is 0 Å². The van der Waals surface area contributed by atoms with Gasteiger partial charge in [0.1, 0.15) is -0.565 Å². The molecule has 1 aliphatic heterocycles. The number of carbonyl (C=O) groups excluding carboxylic acids is 2. The summed E-state index contributed by atoms with van der Waals surface area (Å²) >= 11 is 33.2. The molecule has 1 radical (unpaired) electrons. The number of aromatic nitrogens is 6. The van der Waals surface area contributed by atoms with Gasteiger partial charge in [-0.25, -0.2) is 38.2 Å². The van der Waals surface area contributed by atoms with E-state index in [9.17, 15) is 34.8 Å². The molecule has 0 atom stereocenters. The van der Waals surface area contributed by atoms with Crippen LogP contribution in [0, 0.1) is 25.2 Å². The van der Waals surface area contributed by atoms with Gasteiger partial charge >= 0.3 is 0 Å². The number of hydrogen-bond acceptors (Lipinski definition) is 12. The Balaban J connectivity index is 0.000000304. The van der Waals surface area contributed by atoms with Crippen LogP contribution < -0.4 is 0 Å². The number of halogens is 8. The fraction of sp³-hybridized carbons (Fsp3) is 0.408. The van der Waals surface area contributed by atoms with Crippen LogP contribution in [0.4, 0.5) is 0 Å². The number of carbonyl (C=O) groups is 2. The summed E-state index contributed by atoms with van der Waals surface area (Å²) in [5.74, 6) is -0.248. The number of alkyl halides is 4. The maximum absolute atomic E-state index is 13.5. The first-order chi connectivity index (χ1) is 46.6. The third-order valence-electron chi connectivity index (χ3n) is 16.3. The summed E-state index contributed by atoms with van der Waals surface area (Å²) in [6.45, 7) is 20.2. The second-order valence-electron chi connectivity index (χ2n) is 23.6. The molecule has 3 aromatic carbocycles. The zero-order valence-electron chi connectivity index (χ0n) is 57.8. The molecule has 0 spiro atoms. The quantitative estimate of drug-likeness (QED) is 0.0254. The Hall–Kier alpha value is -2.58. The van der Waals surface area contributed by atoms with Crippen molar-refractivity contribution in [1.82, 2.24) is 46.5 Å². The van der Waals surface area contributed by atoms with Gasteiger partial charge in [0, 0.05) is 126 Å². The van der Waals surface area contributed by atoms with E-state index in [-0.39, 0.29) is 43.4 Å². The molecule has 101 heavy (non-hydrogen) atoms. The molecule has 7 heterocycles. The summed E-state index contributed by atoms with van der Waals surface area (Å²) in [7, 11) is -9.71. The van der Waals surface area contributed by atoms with Crippen molar-refractivity contribution in [3.63, 3.8) is 0 Å². The molecular formula is C71H89Cl4I4N10O8S3V-. The van der Waals surface area contributed by atoms with Gasteiger partial charge in [0.2, 0.25) is 30.1 Å². The number of pyridine rings is 3. The molecule has 9 aromatic rings. The minimum absolute atomic E-state index is 0. The van der Waals surface area contributed by atoms with Gasteiger partial charge in [-0.1, -0.05) is 137 Å². The smallest absolute Gasteiger partial charge is 0.211 e. The van der Waals surface area contributed by atoms with E-state index >= 15 is 0 Å². The second kappa shape index (κ2) is 41.7. The molecular weight excluding hydrogens is 1920 g/mol. The van der Waals surface area contributed by atoms with E-state index < -0.39 is 30.1 Å². The van der Waals surface area contributed by atoms with Crippen molar-refractivity contribution < 1.29 is 53.4 Å². The Morgan fingerprint density at radius 2 is 0.861 bits per heavy atom. The minimum atomic E-state index is -3.26. The molecule has 0 aliphatic carbocycles. The van der Waals surface area contributed by atoms with Gasteiger partial charge in [0.15, 0.2) is 11.6 Å². The molecule has 10 rings (SSSR count). The van der Waals surface area contributed by atoms with Gasteiger partial charge < -0.3 is 36.3 Å². The fourth-order valence-electron chi connectivity index (χ4n) is 11.7. The first-order valence-corrected chi connectivity index (χ1v) is 43.7. The average Bonchev–Trinajstić information content (AvgIpc) is 1.59. The van der Waals surface area contributed by atoms with E-state index in [2.05, 4.69) is 127 Å². The van der Waals surface area contributed by atoms with E-state index in [1.807, 2.05) is 143 Å². The predicted octanol–water partition coefficient (Wildman–Crippen LogP) is 17.7. The number of benzene rings is 3. The largest absolute Gasteiger partial charge is 0.316 e. The van der Waals surface area contributed by atoms with Gasteiger partial charge in [0.05, 0.1) is 75.4 Å². The number of rotatable bonds is 23. The van der Waals surface area contributed by atoms with Gasteiger partial charge in [-0.2, -0.15) is 6.92 Å². The Bertz CT molecular complexity index is 4570. The molecule has 6 aromatic heterocycles. The number of ketones is 2. The third-order valence-corrected chi connectivity index (χ3v) is 21.4. The normalized spacial score (nSPS) is 12.8. The molecule has 1 saturated heterocycles. The van der Waals surface area contributed by atoms with E-state index in [0.717, 1.165) is 98.8 Å². The zero-order valence-corrected chi connectivity index (χ0v) is 73.3. The molecule has 0 N–H and O–H groups in total. The van der Waals surface area contributed by atoms with Crippen LogP contribution in [0.2, 0.25) is 15.1 Å². The standard InChI is InChI=1S/C26H33ClN4O3S.C21H23Cl2N3O3S.C19H22ClN3O2S.C2H3I3.C2H4I.CH4.V/c1-4-30(35(3,33)34)15-12-20-16-23-26(28-17-20)25(24(32)18-29-13-6-5-7-14-29)19(2)31(23)22-10-8-21(27)9-11-22;1-4-25(30(3,28)29)10-9-15-11-18-21(24-13-15)20(19(27)12-22)14(2)26(18)17-7-5-16(23)6-8-17;1-4-22(26(3,24)25)10-9-15-12-19-18(21-13-15)11-14(2)23(19)17-7-5-16(20)6-8-17;1-2(3,4)5;1-2-3;;/h8-11,16-17H,4-7,12-15,18H2,1-3H3;5-8,11,13H,4,9-10,12H2,1-3H3;5-8,11-13H,4,9-10H2,1-3H3;1H3;2H,1H3;1H4;/q;;;;-1;;. The number of aryl methyl sites for hydroxylation is 1. The summed E-state index contributed by atoms with van der Waals surface area (Å²) in [4.78, 5) is 42.1. The van der Waals surface area contributed by atoms with Crippen LogP contribution in [0.1, 0.15) is 116 Å². The van der Waals surface area contributed by atoms with Gasteiger partial charge in [-0.05, 0) is 187 Å². The first-order valence-electron chi connectivity index (χ1n) is 32.0. The number of likely N-dealkylation sites (N-methyl/N-ethyl adjacent to an activating group) is 3. The molecule has 0 amide bonds. The minimum Gasteiger partial charge on any atom is -0.316 e. The number of likely N-dealkylation sites (tertiary alicyclic amines) is 1. The topological polar surface area (TPSA) is 203 Å². The Morgan fingerprint density at radius 1 is 0.545 bits per heavy atom. The molecule has 0 bridgehead atoms. The van der Waals surface area contributed by atoms with Crippen LogP contribution >= 0.6 is 137 Å². The third kappa shape index (κ3) is 26.4. The van der Waals surface area contributed by atoms with Gasteiger partial charge in [0.25, 0.3) is 0 Å². The number of sulfonamides is 3. The fourth-order valence-corrected chi connectivity index (χ4v) is 14.8. The van der Waals surface area contributed by atoms with Gasteiger partial charge in [-0.15, -0.1) is 11.6 Å². The summed E-state index contributed by atoms with van der Waals surface area (Å²) in [5, 5.41) is 1.95. The SMILES string of the molecule is C.CC(I)(I)I.CCN(CCc1cnc2c(C(=O)CCl)c(C)n(-c3ccc(Cl)cc3)c2c1)S(C)(=O)=O.CCN(CCc1cnc2c(C(=O)CN3CCCCC3)c(C)n(-c3ccc(Cl)cc3)c2c1)S(C)(=O)=O.CCN(CCc1cnc2cc(C)n(-c3ccc(Cl)cc3)c2c1)S(C)(=O)=O.C[CH-]I.[V]. The van der Waals surface area contributed by atoms with E-state index in [0.29, 0.717) is 102 Å². The average molecular weight is 2010 g/mol. The molecule has 0 unspecified atom stereocenters. The van der Waals surface area contributed by atoms with Crippen molar-refractivity contribution in [2.24, 2.45) is 0 Å². The van der Waals surface area contributed by atoms with Crippen molar-refractivity contribution >= 4 is 212 Å². The van der Waals surface area contributed by atoms with Crippen LogP contribution in [0.25, 0.3) is 50.2 Å². The van der Waals surface area contributed by atoms with Crippen molar-refractivity contribution in [2.75, 3.05) is 83.6 Å². The first kappa shape index (κ1) is 90.8. The summed E-state index contributed by atoms with van der Waals surface area (Å²) in [5.41, 5.74) is 14.2. The number of fused-ring (bicyclic) bond motifs is 3. The predicted molar refractivity (Wildman–Crippen MR) is 451 cm³/mol. The van der Waals surface area contributed by atoms with Crippen molar-refractivity contribution in [2.45, 2.75) is 101 Å². The van der Waals surface area contributed by atoms with Crippen LogP contribution in [0.5, 0.6) is 0 Å². The maximum atomic E-state index is 13.5. The molecule has 551 valence electrons. The molecule has 1 fully saturated rings. The second-order valence-corrected chi connectivity index (χ2v) is 45.1. The monoisotopic (exact) mass is 2000 g/mol. The van der Waals surface area contributed by atoms with Crippen molar-refractivity contribution in [3.8, 4) is 17.1 Å². The van der Waals surface area contributed by atoms with Crippen LogP contribution in [0.15, 0.2) is 116 Å². The van der Waals surface area contributed by atoms with Crippen molar-refractivity contribution in [3.05, 3.63) is 180 Å². The zero-order chi connectivity index (χ0) is 73.3. The molecule has 1 aliphatic rings. The number of hydrogen-bond donors (Lipinski definition) is 0.